The molecule has 0 radical (unpaired) electrons. The van der Waals surface area contributed by atoms with Crippen molar-refractivity contribution in [2.45, 2.75) is 23.9 Å². The van der Waals surface area contributed by atoms with Crippen LogP contribution in [0.4, 0.5) is 0 Å². The Morgan fingerprint density at radius 2 is 1.71 bits per heavy atom. The molecule has 0 spiro atoms. The molecular weight excluding hydrogens is 320 g/mol. The first-order chi connectivity index (χ1) is 11.6. The van der Waals surface area contributed by atoms with Gasteiger partial charge in [0, 0.05) is 0 Å². The van der Waals surface area contributed by atoms with Gasteiger partial charge in [0.15, 0.2) is 5.16 Å². The van der Waals surface area contributed by atoms with Crippen LogP contribution < -0.4 is 5.73 Å². The normalized spacial score (nSPS) is 12.0. The molecule has 3 aromatic rings. The Balaban J connectivity index is 1.88. The van der Waals surface area contributed by atoms with Crippen LogP contribution >= 0.6 is 11.8 Å². The Labute approximate surface area is 144 Å². The highest BCUT2D eigenvalue weighted by atomic mass is 32.2. The monoisotopic (exact) mass is 338 g/mol. The maximum absolute atomic E-state index is 11.9. The van der Waals surface area contributed by atoms with E-state index in [4.69, 9.17) is 5.73 Å². The number of rotatable bonds is 6. The number of primary amides is 1. The van der Waals surface area contributed by atoms with Gasteiger partial charge in [-0.1, -0.05) is 72.4 Å². The molecule has 2 N–H and O–H groups in total. The van der Waals surface area contributed by atoms with Crippen molar-refractivity contribution >= 4 is 17.7 Å². The Morgan fingerprint density at radius 1 is 1.08 bits per heavy atom. The molecule has 0 saturated heterocycles. The molecule has 6 heteroatoms. The van der Waals surface area contributed by atoms with Crippen molar-refractivity contribution in [3.8, 4) is 0 Å². The summed E-state index contributed by atoms with van der Waals surface area (Å²) in [7, 11) is 0. The summed E-state index contributed by atoms with van der Waals surface area (Å²) >= 11 is 1.33. The van der Waals surface area contributed by atoms with Crippen LogP contribution in [-0.2, 0) is 11.3 Å². The van der Waals surface area contributed by atoms with Gasteiger partial charge in [-0.05, 0) is 18.1 Å². The van der Waals surface area contributed by atoms with Crippen LogP contribution in [0.15, 0.2) is 65.8 Å². The Bertz CT molecular complexity index is 818. The molecule has 122 valence electrons. The van der Waals surface area contributed by atoms with Gasteiger partial charge in [-0.15, -0.1) is 10.2 Å². The number of aromatic nitrogens is 3. The minimum absolute atomic E-state index is 0.391. The fourth-order valence-electron chi connectivity index (χ4n) is 2.42. The zero-order chi connectivity index (χ0) is 16.9. The first kappa shape index (κ1) is 16.3. The number of nitrogens with two attached hydrogens (primary N) is 1. The van der Waals surface area contributed by atoms with Gasteiger partial charge in [0.05, 0.1) is 6.54 Å². The molecular formula is C18H18N4OS. The number of carbonyl (C=O) groups is 1. The highest BCUT2D eigenvalue weighted by molar-refractivity contribution is 8.00. The number of amides is 1. The molecule has 1 unspecified atom stereocenters. The lowest BCUT2D eigenvalue weighted by atomic mass is 10.1. The summed E-state index contributed by atoms with van der Waals surface area (Å²) in [5, 5.41) is 8.57. The van der Waals surface area contributed by atoms with Gasteiger partial charge in [0.25, 0.3) is 0 Å². The molecule has 3 rings (SSSR count). The summed E-state index contributed by atoms with van der Waals surface area (Å²) in [5.41, 5.74) is 7.62. The number of hydrogen-bond donors (Lipinski definition) is 1. The number of nitrogens with zero attached hydrogens (tertiary/aromatic N) is 3. The van der Waals surface area contributed by atoms with Crippen molar-refractivity contribution in [1.82, 2.24) is 14.8 Å². The summed E-state index contributed by atoms with van der Waals surface area (Å²) in [6, 6.07) is 19.6. The molecule has 0 saturated carbocycles. The van der Waals surface area contributed by atoms with E-state index in [1.165, 1.54) is 11.8 Å². The maximum Gasteiger partial charge on any atom is 0.235 e. The van der Waals surface area contributed by atoms with Crippen molar-refractivity contribution in [2.75, 3.05) is 0 Å². The molecule has 0 aliphatic heterocycles. The lowest BCUT2D eigenvalue weighted by Crippen LogP contribution is -2.19. The van der Waals surface area contributed by atoms with Crippen LogP contribution in [0.3, 0.4) is 0 Å². The third-order valence-corrected chi connectivity index (χ3v) is 4.92. The minimum Gasteiger partial charge on any atom is -0.368 e. The molecule has 1 amide bonds. The Hall–Kier alpha value is -2.60. The first-order valence-electron chi connectivity index (χ1n) is 7.60. The summed E-state index contributed by atoms with van der Waals surface area (Å²) in [6.07, 6.45) is 0. The number of carbonyl (C=O) groups excluding carboxylic acids is 1. The van der Waals surface area contributed by atoms with E-state index < -0.39 is 11.2 Å². The van der Waals surface area contributed by atoms with Crippen LogP contribution in [0.1, 0.15) is 22.2 Å². The molecule has 0 aliphatic carbocycles. The Kier molecular flexibility index (Phi) is 4.96. The average molecular weight is 338 g/mol. The summed E-state index contributed by atoms with van der Waals surface area (Å²) in [4.78, 5) is 11.9. The molecule has 0 aliphatic rings. The average Bonchev–Trinajstić information content (AvgIpc) is 2.94. The number of hydrogen-bond acceptors (Lipinski definition) is 4. The predicted octanol–water partition coefficient (Wildman–Crippen LogP) is 2.95. The molecule has 2 aromatic carbocycles. The van der Waals surface area contributed by atoms with Gasteiger partial charge in [-0.3, -0.25) is 4.79 Å². The summed E-state index contributed by atoms with van der Waals surface area (Å²) in [6.45, 7) is 2.56. The van der Waals surface area contributed by atoms with Crippen molar-refractivity contribution in [3.63, 3.8) is 0 Å². The van der Waals surface area contributed by atoms with Crippen molar-refractivity contribution < 1.29 is 4.79 Å². The zero-order valence-corrected chi connectivity index (χ0v) is 14.1. The van der Waals surface area contributed by atoms with Crippen LogP contribution in [-0.4, -0.2) is 20.7 Å². The summed E-state index contributed by atoms with van der Waals surface area (Å²) < 4.78 is 2.00. The first-order valence-corrected chi connectivity index (χ1v) is 8.48. The lowest BCUT2D eigenvalue weighted by Gasteiger charge is -2.14. The van der Waals surface area contributed by atoms with E-state index in [9.17, 15) is 4.79 Å². The van der Waals surface area contributed by atoms with Crippen molar-refractivity contribution in [2.24, 2.45) is 5.73 Å². The van der Waals surface area contributed by atoms with E-state index >= 15 is 0 Å². The highest BCUT2D eigenvalue weighted by Crippen LogP contribution is 2.34. The van der Waals surface area contributed by atoms with Gasteiger partial charge in [0.1, 0.15) is 11.1 Å². The highest BCUT2D eigenvalue weighted by Gasteiger charge is 2.23. The van der Waals surface area contributed by atoms with E-state index in [0.717, 1.165) is 17.0 Å². The summed E-state index contributed by atoms with van der Waals surface area (Å²) in [5.74, 6) is 0.413. The smallest absolute Gasteiger partial charge is 0.235 e. The molecule has 1 aromatic heterocycles. The fraction of sp³-hybridized carbons (Fsp3) is 0.167. The molecule has 1 heterocycles. The fourth-order valence-corrected chi connectivity index (χ4v) is 3.45. The second kappa shape index (κ2) is 7.31. The molecule has 24 heavy (non-hydrogen) atoms. The lowest BCUT2D eigenvalue weighted by molar-refractivity contribution is -0.117. The van der Waals surface area contributed by atoms with E-state index in [0.29, 0.717) is 11.7 Å². The molecule has 1 atom stereocenters. The molecule has 5 nitrogen and oxygen atoms in total. The minimum atomic E-state index is -0.496. The quantitative estimate of drug-likeness (QED) is 0.701. The van der Waals surface area contributed by atoms with Crippen molar-refractivity contribution in [1.29, 1.82) is 0 Å². The van der Waals surface area contributed by atoms with Gasteiger partial charge in [-0.25, -0.2) is 0 Å². The second-order valence-corrected chi connectivity index (χ2v) is 6.48. The van der Waals surface area contributed by atoms with Crippen LogP contribution in [0.5, 0.6) is 0 Å². The van der Waals surface area contributed by atoms with Crippen LogP contribution in [0, 0.1) is 6.92 Å². The van der Waals surface area contributed by atoms with E-state index in [1.54, 1.807) is 0 Å². The van der Waals surface area contributed by atoms with E-state index in [2.05, 4.69) is 22.3 Å². The van der Waals surface area contributed by atoms with Gasteiger partial charge in [-0.2, -0.15) is 0 Å². The number of benzene rings is 2. The topological polar surface area (TPSA) is 73.8 Å². The van der Waals surface area contributed by atoms with E-state index in [-0.39, 0.29) is 0 Å². The SMILES string of the molecule is Cc1nnc(SC(C(N)=O)c2ccccc2)n1Cc1ccccc1. The van der Waals surface area contributed by atoms with Gasteiger partial charge in [0.2, 0.25) is 5.91 Å². The van der Waals surface area contributed by atoms with Gasteiger partial charge < -0.3 is 10.3 Å². The maximum atomic E-state index is 11.9. The number of aryl methyl sites for hydroxylation is 1. The van der Waals surface area contributed by atoms with Crippen LogP contribution in [0.2, 0.25) is 0 Å². The molecule has 0 bridgehead atoms. The van der Waals surface area contributed by atoms with Crippen molar-refractivity contribution in [3.05, 3.63) is 77.6 Å². The third-order valence-electron chi connectivity index (χ3n) is 3.67. The number of thioether (sulfide) groups is 1. The zero-order valence-electron chi connectivity index (χ0n) is 13.3. The van der Waals surface area contributed by atoms with Gasteiger partial charge >= 0.3 is 0 Å². The second-order valence-electron chi connectivity index (χ2n) is 5.41. The van der Waals surface area contributed by atoms with Crippen LogP contribution in [0.25, 0.3) is 0 Å². The largest absolute Gasteiger partial charge is 0.368 e. The standard InChI is InChI=1S/C18H18N4OS/c1-13-20-21-18(22(13)12-14-8-4-2-5-9-14)24-16(17(19)23)15-10-6-3-7-11-15/h2-11,16H,12H2,1H3,(H2,19,23). The van der Waals surface area contributed by atoms with E-state index in [1.807, 2.05) is 60.0 Å². The Morgan fingerprint density at radius 3 is 2.33 bits per heavy atom. The predicted molar refractivity (Wildman–Crippen MR) is 94.5 cm³/mol. The third kappa shape index (κ3) is 3.65. The molecule has 0 fully saturated rings.